The highest BCUT2D eigenvalue weighted by Gasteiger charge is 2.10. The Hall–Kier alpha value is 0.510. The van der Waals surface area contributed by atoms with Gasteiger partial charge in [0.05, 0.1) is 11.2 Å². The van der Waals surface area contributed by atoms with E-state index in [9.17, 15) is 0 Å². The Morgan fingerprint density at radius 3 is 2.91 bits per heavy atom. The van der Waals surface area contributed by atoms with E-state index in [-0.39, 0.29) is 0 Å². The Kier molecular flexibility index (Phi) is 4.54. The molecule has 2 rings (SSSR count). The SMILES string of the molecule is BrOBr.c1nc2c(s1)CNC2. The topological polar surface area (TPSA) is 34.1 Å². The van der Waals surface area contributed by atoms with Crippen LogP contribution in [0.4, 0.5) is 0 Å². The number of nitrogens with one attached hydrogen (secondary N) is 1. The quantitative estimate of drug-likeness (QED) is 0.799. The molecule has 0 atom stereocenters. The molecule has 0 saturated heterocycles. The summed E-state index contributed by atoms with van der Waals surface area (Å²) in [6.07, 6.45) is 0. The van der Waals surface area contributed by atoms with Crippen LogP contribution in [0, 0.1) is 0 Å². The second kappa shape index (κ2) is 5.21. The maximum Gasteiger partial charge on any atom is 0.115 e. The van der Waals surface area contributed by atoms with Gasteiger partial charge in [0.25, 0.3) is 0 Å². The molecule has 0 spiro atoms. The first-order chi connectivity index (χ1) is 5.38. The Morgan fingerprint density at radius 2 is 2.27 bits per heavy atom. The molecule has 62 valence electrons. The van der Waals surface area contributed by atoms with Crippen molar-refractivity contribution in [2.75, 3.05) is 0 Å². The first kappa shape index (κ1) is 9.60. The van der Waals surface area contributed by atoms with Crippen LogP contribution in [0.1, 0.15) is 10.6 Å². The van der Waals surface area contributed by atoms with Crippen molar-refractivity contribution in [1.82, 2.24) is 10.3 Å². The minimum absolute atomic E-state index is 0.971. The van der Waals surface area contributed by atoms with E-state index < -0.39 is 0 Å². The molecule has 1 aliphatic heterocycles. The number of hydrogen-bond acceptors (Lipinski definition) is 4. The van der Waals surface area contributed by atoms with Gasteiger partial charge in [-0.25, -0.2) is 7.90 Å². The summed E-state index contributed by atoms with van der Waals surface area (Å²) in [6, 6.07) is 0. The van der Waals surface area contributed by atoms with Crippen molar-refractivity contribution in [2.45, 2.75) is 13.1 Å². The average molecular weight is 302 g/mol. The highest BCUT2D eigenvalue weighted by atomic mass is 79.9. The molecule has 2 heterocycles. The van der Waals surface area contributed by atoms with Gasteiger partial charge in [-0.2, -0.15) is 0 Å². The van der Waals surface area contributed by atoms with Crippen molar-refractivity contribution in [1.29, 1.82) is 0 Å². The van der Waals surface area contributed by atoms with E-state index in [1.807, 2.05) is 5.51 Å². The van der Waals surface area contributed by atoms with Gasteiger partial charge in [-0.1, -0.05) is 0 Å². The molecular formula is C5H6Br2N2OS. The van der Waals surface area contributed by atoms with E-state index in [0.717, 1.165) is 13.1 Å². The summed E-state index contributed by atoms with van der Waals surface area (Å²) in [5.41, 5.74) is 3.15. The number of thiazole rings is 1. The van der Waals surface area contributed by atoms with E-state index in [0.29, 0.717) is 0 Å². The Labute approximate surface area is 86.1 Å². The number of nitrogens with zero attached hydrogens (tertiary/aromatic N) is 1. The van der Waals surface area contributed by atoms with Crippen LogP contribution in [0.5, 0.6) is 0 Å². The van der Waals surface area contributed by atoms with Gasteiger partial charge in [0.2, 0.25) is 0 Å². The standard InChI is InChI=1S/C5H6N2S.Br2O/c1-4-5(2-6-1)8-3-7-4;1-3-2/h3,6H,1-2H2;. The number of aromatic nitrogens is 1. The van der Waals surface area contributed by atoms with Crippen molar-refractivity contribution < 1.29 is 2.92 Å². The molecule has 1 N–H and O–H groups in total. The minimum Gasteiger partial charge on any atom is -0.306 e. The van der Waals surface area contributed by atoms with Crippen molar-refractivity contribution >= 4 is 43.9 Å². The predicted molar refractivity (Wildman–Crippen MR) is 51.6 cm³/mol. The summed E-state index contributed by atoms with van der Waals surface area (Å²) < 4.78 is 3.88. The van der Waals surface area contributed by atoms with Crippen LogP contribution in [0.25, 0.3) is 0 Å². The maximum absolute atomic E-state index is 4.15. The second-order valence-electron chi connectivity index (χ2n) is 1.88. The molecule has 0 amide bonds. The summed E-state index contributed by atoms with van der Waals surface area (Å²) in [6.45, 7) is 2.00. The van der Waals surface area contributed by atoms with Gasteiger partial charge in [0.15, 0.2) is 0 Å². The molecular weight excluding hydrogens is 296 g/mol. The van der Waals surface area contributed by atoms with Crippen LogP contribution in [0.2, 0.25) is 0 Å². The minimum atomic E-state index is 0.971. The lowest BCUT2D eigenvalue weighted by atomic mass is 10.4. The first-order valence-electron chi connectivity index (χ1n) is 2.89. The van der Waals surface area contributed by atoms with Crippen LogP contribution >= 0.6 is 43.9 Å². The van der Waals surface area contributed by atoms with Gasteiger partial charge in [0, 0.05) is 18.0 Å². The van der Waals surface area contributed by atoms with Crippen molar-refractivity contribution in [3.63, 3.8) is 0 Å². The zero-order chi connectivity index (χ0) is 8.10. The molecule has 1 aromatic heterocycles. The Bertz CT molecular complexity index is 200. The molecule has 0 saturated carbocycles. The summed E-state index contributed by atoms with van der Waals surface area (Å²) in [5, 5.41) is 3.22. The first-order valence-corrected chi connectivity index (χ1v) is 5.07. The largest absolute Gasteiger partial charge is 0.306 e. The second-order valence-corrected chi connectivity index (χ2v) is 4.34. The third-order valence-electron chi connectivity index (χ3n) is 1.30. The van der Waals surface area contributed by atoms with Crippen LogP contribution in [-0.4, -0.2) is 4.98 Å². The third kappa shape index (κ3) is 2.79. The normalized spacial score (nSPS) is 13.6. The highest BCUT2D eigenvalue weighted by Crippen LogP contribution is 2.16. The number of fused-ring (bicyclic) bond motifs is 1. The van der Waals surface area contributed by atoms with Gasteiger partial charge >= 0.3 is 0 Å². The lowest BCUT2D eigenvalue weighted by Crippen LogP contribution is -2.00. The van der Waals surface area contributed by atoms with E-state index >= 15 is 0 Å². The van der Waals surface area contributed by atoms with Crippen molar-refractivity contribution in [3.8, 4) is 0 Å². The number of rotatable bonds is 0. The molecule has 0 unspecified atom stereocenters. The van der Waals surface area contributed by atoms with Crippen LogP contribution in [-0.2, 0) is 16.0 Å². The van der Waals surface area contributed by atoms with Crippen LogP contribution in [0.3, 0.4) is 0 Å². The molecule has 0 bridgehead atoms. The molecule has 1 aliphatic rings. The summed E-state index contributed by atoms with van der Waals surface area (Å²) in [4.78, 5) is 5.56. The molecule has 1 aromatic rings. The fraction of sp³-hybridized carbons (Fsp3) is 0.400. The molecule has 3 nitrogen and oxygen atoms in total. The zero-order valence-corrected chi connectivity index (χ0v) is 9.50. The van der Waals surface area contributed by atoms with Crippen molar-refractivity contribution in [2.24, 2.45) is 0 Å². The number of halogens is 2. The molecule has 11 heavy (non-hydrogen) atoms. The average Bonchev–Trinajstić information content (AvgIpc) is 2.44. The fourth-order valence-electron chi connectivity index (χ4n) is 0.876. The molecule has 6 heteroatoms. The van der Waals surface area contributed by atoms with Crippen LogP contribution in [0.15, 0.2) is 5.51 Å². The molecule has 0 aliphatic carbocycles. The van der Waals surface area contributed by atoms with E-state index in [1.54, 1.807) is 11.3 Å². The van der Waals surface area contributed by atoms with Crippen LogP contribution < -0.4 is 5.32 Å². The highest BCUT2D eigenvalue weighted by molar-refractivity contribution is 9.18. The Balaban J connectivity index is 0.000000179. The summed E-state index contributed by atoms with van der Waals surface area (Å²) in [5.74, 6) is 0. The van der Waals surface area contributed by atoms with Crippen molar-refractivity contribution in [3.05, 3.63) is 16.1 Å². The van der Waals surface area contributed by atoms with Gasteiger partial charge in [0.1, 0.15) is 32.5 Å². The third-order valence-corrected chi connectivity index (χ3v) is 2.18. The molecule has 0 fully saturated rings. The molecule has 0 aromatic carbocycles. The zero-order valence-electron chi connectivity index (χ0n) is 5.51. The molecule has 0 radical (unpaired) electrons. The van der Waals surface area contributed by atoms with E-state index in [4.69, 9.17) is 0 Å². The summed E-state index contributed by atoms with van der Waals surface area (Å²) in [7, 11) is 0. The van der Waals surface area contributed by atoms with Gasteiger partial charge in [-0.15, -0.1) is 11.3 Å². The maximum atomic E-state index is 4.15. The van der Waals surface area contributed by atoms with Gasteiger partial charge < -0.3 is 5.32 Å². The lowest BCUT2D eigenvalue weighted by Gasteiger charge is -1.81. The van der Waals surface area contributed by atoms with E-state index in [2.05, 4.69) is 45.7 Å². The van der Waals surface area contributed by atoms with Gasteiger partial charge in [-0.3, -0.25) is 0 Å². The monoisotopic (exact) mass is 300 g/mol. The number of hydrogen-bond donors (Lipinski definition) is 1. The Morgan fingerprint density at radius 1 is 1.55 bits per heavy atom. The summed E-state index contributed by atoms with van der Waals surface area (Å²) >= 11 is 6.86. The lowest BCUT2D eigenvalue weighted by molar-refractivity contribution is 0.758. The van der Waals surface area contributed by atoms with Gasteiger partial charge in [-0.05, 0) is 0 Å². The fourth-order valence-corrected chi connectivity index (χ4v) is 1.63. The van der Waals surface area contributed by atoms with E-state index in [1.165, 1.54) is 10.6 Å². The smallest absolute Gasteiger partial charge is 0.115 e. The predicted octanol–water partition coefficient (Wildman–Crippen LogP) is 2.37.